The van der Waals surface area contributed by atoms with Crippen LogP contribution in [0, 0.1) is 0 Å². The molecule has 2 aliphatic rings. The number of hydrogen-bond acceptors (Lipinski definition) is 3. The molecule has 2 fully saturated rings. The lowest BCUT2D eigenvalue weighted by molar-refractivity contribution is 0.158. The summed E-state index contributed by atoms with van der Waals surface area (Å²) in [5.74, 6) is 0. The quantitative estimate of drug-likeness (QED) is 0.800. The molecule has 3 rings (SSSR count). The number of nitrogens with zero attached hydrogens (tertiary/aromatic N) is 2. The molecule has 1 aromatic heterocycles. The molecule has 2 atom stereocenters. The van der Waals surface area contributed by atoms with E-state index in [0.717, 1.165) is 19.3 Å². The maximum absolute atomic E-state index is 9.62. The Bertz CT molecular complexity index is 347. The Labute approximate surface area is 95.7 Å². The summed E-state index contributed by atoms with van der Waals surface area (Å²) in [5, 5.41) is 17.5. The van der Waals surface area contributed by atoms with E-state index in [1.165, 1.54) is 12.8 Å². The third kappa shape index (κ3) is 1.87. The van der Waals surface area contributed by atoms with E-state index in [0.29, 0.717) is 12.1 Å². The van der Waals surface area contributed by atoms with Crippen LogP contribution in [0.15, 0.2) is 18.5 Å². The van der Waals surface area contributed by atoms with Gasteiger partial charge in [-0.3, -0.25) is 4.68 Å². The third-order valence-corrected chi connectivity index (χ3v) is 3.87. The Balaban J connectivity index is 1.69. The first-order valence-electron chi connectivity index (χ1n) is 6.19. The van der Waals surface area contributed by atoms with Crippen LogP contribution >= 0.6 is 0 Å². The molecule has 0 spiro atoms. The summed E-state index contributed by atoms with van der Waals surface area (Å²) >= 11 is 0. The van der Waals surface area contributed by atoms with E-state index in [-0.39, 0.29) is 12.1 Å². The molecular formula is C12H19N3O. The molecule has 1 aromatic rings. The van der Waals surface area contributed by atoms with Crippen molar-refractivity contribution in [3.63, 3.8) is 0 Å². The van der Waals surface area contributed by atoms with Gasteiger partial charge in [0.1, 0.15) is 0 Å². The summed E-state index contributed by atoms with van der Waals surface area (Å²) in [6, 6.07) is 3.07. The van der Waals surface area contributed by atoms with Crippen molar-refractivity contribution >= 4 is 0 Å². The zero-order valence-corrected chi connectivity index (χ0v) is 9.47. The number of hydrogen-bond donors (Lipinski definition) is 2. The molecule has 2 unspecified atom stereocenters. The minimum absolute atomic E-state index is 0.0439. The molecule has 2 N–H and O–H groups in total. The molecule has 2 saturated carbocycles. The molecule has 0 aliphatic heterocycles. The molecule has 4 nitrogen and oxygen atoms in total. The summed E-state index contributed by atoms with van der Waals surface area (Å²) in [5.41, 5.74) is -0.0439. The highest BCUT2D eigenvalue weighted by Crippen LogP contribution is 2.39. The molecule has 4 heteroatoms. The zero-order valence-electron chi connectivity index (χ0n) is 9.47. The fourth-order valence-corrected chi connectivity index (χ4v) is 2.80. The second kappa shape index (κ2) is 3.86. The lowest BCUT2D eigenvalue weighted by atomic mass is 9.98. The van der Waals surface area contributed by atoms with E-state index < -0.39 is 0 Å². The van der Waals surface area contributed by atoms with Crippen LogP contribution in [0.4, 0.5) is 0 Å². The molecule has 0 aromatic carbocycles. The minimum atomic E-state index is -0.0439. The van der Waals surface area contributed by atoms with Gasteiger partial charge in [-0.2, -0.15) is 5.10 Å². The van der Waals surface area contributed by atoms with Gasteiger partial charge in [0.2, 0.25) is 0 Å². The van der Waals surface area contributed by atoms with Crippen LogP contribution in [0.1, 0.15) is 38.1 Å². The molecule has 1 heterocycles. The van der Waals surface area contributed by atoms with Crippen LogP contribution in [-0.4, -0.2) is 33.1 Å². The number of nitrogens with one attached hydrogen (secondary N) is 1. The van der Waals surface area contributed by atoms with Crippen molar-refractivity contribution in [1.82, 2.24) is 15.1 Å². The first-order valence-corrected chi connectivity index (χ1v) is 6.19. The Kier molecular flexibility index (Phi) is 2.48. The summed E-state index contributed by atoms with van der Waals surface area (Å²) in [4.78, 5) is 0. The fraction of sp³-hybridized carbons (Fsp3) is 0.750. The average Bonchev–Trinajstić information content (AvgIpc) is 2.84. The molecular weight excluding hydrogens is 202 g/mol. The Morgan fingerprint density at radius 1 is 1.44 bits per heavy atom. The molecule has 16 heavy (non-hydrogen) atoms. The monoisotopic (exact) mass is 221 g/mol. The number of aliphatic hydroxyl groups excluding tert-OH is 1. The van der Waals surface area contributed by atoms with E-state index in [1.807, 2.05) is 23.1 Å². The molecule has 0 amide bonds. The van der Waals surface area contributed by atoms with Gasteiger partial charge in [0.05, 0.1) is 12.6 Å². The topological polar surface area (TPSA) is 50.1 Å². The highest BCUT2D eigenvalue weighted by atomic mass is 16.3. The van der Waals surface area contributed by atoms with Crippen LogP contribution in [0.25, 0.3) is 0 Å². The van der Waals surface area contributed by atoms with Crippen molar-refractivity contribution in [3.05, 3.63) is 18.5 Å². The third-order valence-electron chi connectivity index (χ3n) is 3.87. The minimum Gasteiger partial charge on any atom is -0.394 e. The van der Waals surface area contributed by atoms with Gasteiger partial charge in [0.25, 0.3) is 0 Å². The predicted molar refractivity (Wildman–Crippen MR) is 61.1 cm³/mol. The van der Waals surface area contributed by atoms with Crippen LogP contribution in [0.5, 0.6) is 0 Å². The first kappa shape index (κ1) is 10.3. The second-order valence-electron chi connectivity index (χ2n) is 5.24. The van der Waals surface area contributed by atoms with Gasteiger partial charge in [-0.25, -0.2) is 0 Å². The van der Waals surface area contributed by atoms with Crippen LogP contribution in [-0.2, 0) is 0 Å². The van der Waals surface area contributed by atoms with Crippen molar-refractivity contribution in [2.24, 2.45) is 0 Å². The first-order chi connectivity index (χ1) is 7.81. The second-order valence-corrected chi connectivity index (χ2v) is 5.24. The summed E-state index contributed by atoms with van der Waals surface area (Å²) in [6.07, 6.45) is 9.57. The zero-order chi connectivity index (χ0) is 11.0. The predicted octanol–water partition coefficient (Wildman–Crippen LogP) is 1.09. The largest absolute Gasteiger partial charge is 0.394 e. The van der Waals surface area contributed by atoms with Gasteiger partial charge in [-0.05, 0) is 38.2 Å². The van der Waals surface area contributed by atoms with Crippen molar-refractivity contribution in [3.8, 4) is 0 Å². The lowest BCUT2D eigenvalue weighted by Gasteiger charge is -2.28. The van der Waals surface area contributed by atoms with Gasteiger partial charge in [0, 0.05) is 24.0 Å². The van der Waals surface area contributed by atoms with E-state index in [2.05, 4.69) is 10.4 Å². The summed E-state index contributed by atoms with van der Waals surface area (Å²) in [7, 11) is 0. The van der Waals surface area contributed by atoms with Crippen molar-refractivity contribution in [2.75, 3.05) is 6.61 Å². The van der Waals surface area contributed by atoms with Crippen LogP contribution in [0.2, 0.25) is 0 Å². The summed E-state index contributed by atoms with van der Waals surface area (Å²) in [6.45, 7) is 0.251. The molecule has 0 radical (unpaired) electrons. The van der Waals surface area contributed by atoms with Gasteiger partial charge in [-0.15, -0.1) is 0 Å². The SMILES string of the molecule is OCC1(NC2CC2)CCC(n2cccn2)C1. The fourth-order valence-electron chi connectivity index (χ4n) is 2.80. The number of aliphatic hydroxyl groups is 1. The van der Waals surface area contributed by atoms with Gasteiger partial charge in [-0.1, -0.05) is 0 Å². The molecule has 0 bridgehead atoms. The average molecular weight is 221 g/mol. The Hall–Kier alpha value is -0.870. The smallest absolute Gasteiger partial charge is 0.0614 e. The Morgan fingerprint density at radius 3 is 2.94 bits per heavy atom. The van der Waals surface area contributed by atoms with E-state index in [4.69, 9.17) is 0 Å². The van der Waals surface area contributed by atoms with Gasteiger partial charge >= 0.3 is 0 Å². The molecule has 88 valence electrons. The maximum atomic E-state index is 9.62. The highest BCUT2D eigenvalue weighted by Gasteiger charge is 2.42. The van der Waals surface area contributed by atoms with Crippen molar-refractivity contribution < 1.29 is 5.11 Å². The maximum Gasteiger partial charge on any atom is 0.0614 e. The number of aromatic nitrogens is 2. The lowest BCUT2D eigenvalue weighted by Crippen LogP contribution is -2.47. The van der Waals surface area contributed by atoms with Crippen LogP contribution in [0.3, 0.4) is 0 Å². The molecule has 0 saturated heterocycles. The van der Waals surface area contributed by atoms with E-state index in [1.54, 1.807) is 0 Å². The Morgan fingerprint density at radius 2 is 2.31 bits per heavy atom. The van der Waals surface area contributed by atoms with Crippen molar-refractivity contribution in [1.29, 1.82) is 0 Å². The standard InChI is InChI=1S/C12H19N3O/c16-9-12(14-10-2-3-10)5-4-11(8-12)15-7-1-6-13-15/h1,6-7,10-11,14,16H,2-5,8-9H2. The summed E-state index contributed by atoms with van der Waals surface area (Å²) < 4.78 is 2.03. The van der Waals surface area contributed by atoms with Crippen molar-refractivity contribution in [2.45, 2.75) is 49.7 Å². The van der Waals surface area contributed by atoms with Crippen LogP contribution < -0.4 is 5.32 Å². The van der Waals surface area contributed by atoms with E-state index >= 15 is 0 Å². The van der Waals surface area contributed by atoms with Gasteiger partial charge < -0.3 is 10.4 Å². The highest BCUT2D eigenvalue weighted by molar-refractivity contribution is 5.02. The number of rotatable bonds is 4. The normalized spacial score (nSPS) is 34.4. The van der Waals surface area contributed by atoms with Gasteiger partial charge in [0.15, 0.2) is 0 Å². The molecule has 2 aliphatic carbocycles. The van der Waals surface area contributed by atoms with E-state index in [9.17, 15) is 5.11 Å².